The Morgan fingerprint density at radius 2 is 1.72 bits per heavy atom. The summed E-state index contributed by atoms with van der Waals surface area (Å²) in [6.45, 7) is 6.89. The van der Waals surface area contributed by atoms with Crippen molar-refractivity contribution >= 4 is 5.69 Å². The Kier molecular flexibility index (Phi) is 3.96. The normalized spacial score (nSPS) is 32.2. The van der Waals surface area contributed by atoms with Gasteiger partial charge in [0.1, 0.15) is 0 Å². The number of benzene rings is 1. The molecule has 2 N–H and O–H groups in total. The van der Waals surface area contributed by atoms with Crippen LogP contribution < -0.4 is 5.32 Å². The molecule has 0 bridgehead atoms. The summed E-state index contributed by atoms with van der Waals surface area (Å²) in [6, 6.07) is 8.44. The lowest BCUT2D eigenvalue weighted by Gasteiger charge is -2.43. The average molecular weight is 247 g/mol. The van der Waals surface area contributed by atoms with Crippen LogP contribution in [0.2, 0.25) is 0 Å². The van der Waals surface area contributed by atoms with Crippen molar-refractivity contribution in [2.45, 2.75) is 45.6 Å². The SMILES string of the molecule is Cc1ccc(NC2(CO)CC(C)CC(C)C2)cc1. The maximum Gasteiger partial charge on any atom is 0.0661 e. The molecule has 18 heavy (non-hydrogen) atoms. The number of rotatable bonds is 3. The second kappa shape index (κ2) is 5.31. The van der Waals surface area contributed by atoms with Crippen LogP contribution in [0.5, 0.6) is 0 Å². The third-order valence-corrected chi connectivity index (χ3v) is 4.05. The molecule has 0 aliphatic heterocycles. The number of anilines is 1. The van der Waals surface area contributed by atoms with Gasteiger partial charge in [-0.1, -0.05) is 31.5 Å². The van der Waals surface area contributed by atoms with Crippen LogP contribution in [0.3, 0.4) is 0 Å². The van der Waals surface area contributed by atoms with E-state index >= 15 is 0 Å². The molecule has 1 saturated carbocycles. The molecule has 0 amide bonds. The molecule has 0 spiro atoms. The summed E-state index contributed by atoms with van der Waals surface area (Å²) >= 11 is 0. The van der Waals surface area contributed by atoms with Gasteiger partial charge in [-0.3, -0.25) is 0 Å². The van der Waals surface area contributed by atoms with Gasteiger partial charge in [-0.15, -0.1) is 0 Å². The van der Waals surface area contributed by atoms with Crippen molar-refractivity contribution in [2.24, 2.45) is 11.8 Å². The molecule has 1 aliphatic carbocycles. The minimum Gasteiger partial charge on any atom is -0.394 e. The van der Waals surface area contributed by atoms with Crippen LogP contribution in [0.4, 0.5) is 5.69 Å². The van der Waals surface area contributed by atoms with Crippen molar-refractivity contribution in [2.75, 3.05) is 11.9 Å². The molecule has 2 nitrogen and oxygen atoms in total. The van der Waals surface area contributed by atoms with Crippen LogP contribution in [0, 0.1) is 18.8 Å². The van der Waals surface area contributed by atoms with E-state index in [1.165, 1.54) is 12.0 Å². The van der Waals surface area contributed by atoms with Crippen LogP contribution in [0.25, 0.3) is 0 Å². The highest BCUT2D eigenvalue weighted by molar-refractivity contribution is 5.47. The van der Waals surface area contributed by atoms with Crippen molar-refractivity contribution in [1.82, 2.24) is 0 Å². The van der Waals surface area contributed by atoms with Crippen molar-refractivity contribution in [1.29, 1.82) is 0 Å². The van der Waals surface area contributed by atoms with Crippen LogP contribution in [0.15, 0.2) is 24.3 Å². The van der Waals surface area contributed by atoms with E-state index in [1.54, 1.807) is 0 Å². The van der Waals surface area contributed by atoms with Crippen molar-refractivity contribution in [3.63, 3.8) is 0 Å². The third kappa shape index (κ3) is 3.05. The standard InChI is InChI=1S/C16H25NO/c1-12-4-6-15(7-5-12)17-16(11-18)9-13(2)8-14(3)10-16/h4-7,13-14,17-18H,8-11H2,1-3H3. The smallest absolute Gasteiger partial charge is 0.0661 e. The summed E-state index contributed by atoms with van der Waals surface area (Å²) in [5.41, 5.74) is 2.26. The first kappa shape index (κ1) is 13.4. The molecule has 100 valence electrons. The lowest BCUT2D eigenvalue weighted by molar-refractivity contribution is 0.122. The monoisotopic (exact) mass is 247 g/mol. The lowest BCUT2D eigenvalue weighted by atomic mass is 9.72. The average Bonchev–Trinajstić information content (AvgIpc) is 2.31. The molecule has 0 radical (unpaired) electrons. The van der Waals surface area contributed by atoms with Crippen LogP contribution >= 0.6 is 0 Å². The van der Waals surface area contributed by atoms with E-state index in [4.69, 9.17) is 0 Å². The van der Waals surface area contributed by atoms with Gasteiger partial charge in [0.2, 0.25) is 0 Å². The van der Waals surface area contributed by atoms with E-state index in [-0.39, 0.29) is 12.1 Å². The van der Waals surface area contributed by atoms with Crippen LogP contribution in [-0.2, 0) is 0 Å². The summed E-state index contributed by atoms with van der Waals surface area (Å²) in [5.74, 6) is 1.36. The lowest BCUT2D eigenvalue weighted by Crippen LogP contribution is -2.48. The predicted molar refractivity (Wildman–Crippen MR) is 76.8 cm³/mol. The topological polar surface area (TPSA) is 32.3 Å². The molecular formula is C16H25NO. The molecule has 2 heteroatoms. The highest BCUT2D eigenvalue weighted by atomic mass is 16.3. The van der Waals surface area contributed by atoms with E-state index in [1.807, 2.05) is 0 Å². The van der Waals surface area contributed by atoms with Gasteiger partial charge in [-0.25, -0.2) is 0 Å². The molecule has 1 aromatic carbocycles. The van der Waals surface area contributed by atoms with Crippen molar-refractivity contribution < 1.29 is 5.11 Å². The van der Waals surface area contributed by atoms with E-state index in [2.05, 4.69) is 50.4 Å². The van der Waals surface area contributed by atoms with Gasteiger partial charge in [-0.05, 0) is 50.2 Å². The summed E-state index contributed by atoms with van der Waals surface area (Å²) in [7, 11) is 0. The first-order valence-electron chi connectivity index (χ1n) is 6.99. The second-order valence-electron chi connectivity index (χ2n) is 6.28. The van der Waals surface area contributed by atoms with Gasteiger partial charge in [0.25, 0.3) is 0 Å². The Morgan fingerprint density at radius 3 is 2.22 bits per heavy atom. The Bertz CT molecular complexity index is 375. The minimum atomic E-state index is -0.133. The summed E-state index contributed by atoms with van der Waals surface area (Å²) in [4.78, 5) is 0. The molecule has 1 fully saturated rings. The predicted octanol–water partition coefficient (Wildman–Crippen LogP) is 3.59. The summed E-state index contributed by atoms with van der Waals surface area (Å²) in [5, 5.41) is 13.4. The Balaban J connectivity index is 2.14. The fourth-order valence-electron chi connectivity index (χ4n) is 3.48. The Hall–Kier alpha value is -1.02. The Labute approximate surface area is 110 Å². The zero-order valence-electron chi connectivity index (χ0n) is 11.7. The minimum absolute atomic E-state index is 0.133. The third-order valence-electron chi connectivity index (χ3n) is 4.05. The number of aliphatic hydroxyl groups excluding tert-OH is 1. The summed E-state index contributed by atoms with van der Waals surface area (Å²) in [6.07, 6.45) is 3.39. The van der Waals surface area contributed by atoms with Gasteiger partial charge in [-0.2, -0.15) is 0 Å². The fourth-order valence-corrected chi connectivity index (χ4v) is 3.48. The van der Waals surface area contributed by atoms with Gasteiger partial charge < -0.3 is 10.4 Å². The van der Waals surface area contributed by atoms with E-state index in [9.17, 15) is 5.11 Å². The number of aryl methyl sites for hydroxylation is 1. The number of hydrogen-bond acceptors (Lipinski definition) is 2. The zero-order chi connectivity index (χ0) is 13.2. The Morgan fingerprint density at radius 1 is 1.17 bits per heavy atom. The highest BCUT2D eigenvalue weighted by Gasteiger charge is 2.37. The maximum absolute atomic E-state index is 9.83. The van der Waals surface area contributed by atoms with E-state index in [0.29, 0.717) is 11.8 Å². The van der Waals surface area contributed by atoms with Gasteiger partial charge in [0.05, 0.1) is 12.1 Å². The molecule has 2 atom stereocenters. The van der Waals surface area contributed by atoms with Crippen molar-refractivity contribution in [3.8, 4) is 0 Å². The van der Waals surface area contributed by atoms with Crippen LogP contribution in [-0.4, -0.2) is 17.3 Å². The van der Waals surface area contributed by atoms with Crippen LogP contribution in [0.1, 0.15) is 38.7 Å². The first-order valence-corrected chi connectivity index (χ1v) is 6.99. The molecule has 0 heterocycles. The van der Waals surface area contributed by atoms with Gasteiger partial charge in [0, 0.05) is 5.69 Å². The quantitative estimate of drug-likeness (QED) is 0.855. The maximum atomic E-state index is 9.83. The van der Waals surface area contributed by atoms with Gasteiger partial charge in [0.15, 0.2) is 0 Å². The van der Waals surface area contributed by atoms with Gasteiger partial charge >= 0.3 is 0 Å². The van der Waals surface area contributed by atoms with Crippen molar-refractivity contribution in [3.05, 3.63) is 29.8 Å². The van der Waals surface area contributed by atoms with E-state index in [0.717, 1.165) is 18.5 Å². The number of hydrogen-bond donors (Lipinski definition) is 2. The first-order chi connectivity index (χ1) is 8.53. The number of aliphatic hydroxyl groups is 1. The molecule has 1 aromatic rings. The highest BCUT2D eigenvalue weighted by Crippen LogP contribution is 2.37. The molecule has 0 aromatic heterocycles. The van der Waals surface area contributed by atoms with E-state index < -0.39 is 0 Å². The zero-order valence-corrected chi connectivity index (χ0v) is 11.7. The molecular weight excluding hydrogens is 222 g/mol. The molecule has 1 aliphatic rings. The largest absolute Gasteiger partial charge is 0.394 e. The molecule has 0 saturated heterocycles. The second-order valence-corrected chi connectivity index (χ2v) is 6.28. The molecule has 2 unspecified atom stereocenters. The summed E-state index contributed by atoms with van der Waals surface area (Å²) < 4.78 is 0. The fraction of sp³-hybridized carbons (Fsp3) is 0.625. The molecule has 2 rings (SSSR count). The number of nitrogens with one attached hydrogen (secondary N) is 1.